The molecule has 0 bridgehead atoms. The Balaban J connectivity index is 2.20. The first-order valence-corrected chi connectivity index (χ1v) is 6.76. The van der Waals surface area contributed by atoms with Gasteiger partial charge in [-0.15, -0.1) is 0 Å². The topological polar surface area (TPSA) is 61.8 Å². The maximum atomic E-state index is 11.5. The molecule has 0 aliphatic carbocycles. The fourth-order valence-corrected chi connectivity index (χ4v) is 1.60. The average molecular weight is 280 g/mol. The number of hydrogen-bond acceptors (Lipinski definition) is 4. The highest BCUT2D eigenvalue weighted by Gasteiger charge is 2.08. The van der Waals surface area contributed by atoms with Gasteiger partial charge in [-0.1, -0.05) is 12.1 Å². The molecule has 0 spiro atoms. The molecular formula is C15H24N2O3. The molecule has 1 unspecified atom stereocenters. The van der Waals surface area contributed by atoms with Gasteiger partial charge in [0.15, 0.2) is 0 Å². The molecule has 0 aromatic heterocycles. The molecular weight excluding hydrogens is 256 g/mol. The van der Waals surface area contributed by atoms with Crippen LogP contribution in [0.25, 0.3) is 0 Å². The summed E-state index contributed by atoms with van der Waals surface area (Å²) in [6.07, 6.45) is -0.280. The van der Waals surface area contributed by atoms with Gasteiger partial charge in [0.25, 0.3) is 0 Å². The third-order valence-electron chi connectivity index (χ3n) is 2.75. The summed E-state index contributed by atoms with van der Waals surface area (Å²) >= 11 is 0. The largest absolute Gasteiger partial charge is 0.491 e. The van der Waals surface area contributed by atoms with Gasteiger partial charge in [-0.3, -0.25) is 4.79 Å². The Morgan fingerprint density at radius 2 is 2.20 bits per heavy atom. The van der Waals surface area contributed by atoms with Crippen molar-refractivity contribution in [2.45, 2.75) is 19.4 Å². The minimum atomic E-state index is -0.709. The molecule has 2 N–H and O–H groups in total. The summed E-state index contributed by atoms with van der Waals surface area (Å²) in [5.41, 5.74) is 1.11. The predicted octanol–water partition coefficient (Wildman–Crippen LogP) is 0.803. The Morgan fingerprint density at radius 1 is 1.45 bits per heavy atom. The lowest BCUT2D eigenvalue weighted by Gasteiger charge is -2.14. The lowest BCUT2D eigenvalue weighted by molar-refractivity contribution is -0.121. The van der Waals surface area contributed by atoms with Crippen molar-refractivity contribution in [2.24, 2.45) is 0 Å². The van der Waals surface area contributed by atoms with Gasteiger partial charge in [-0.05, 0) is 38.7 Å². The van der Waals surface area contributed by atoms with Crippen LogP contribution in [0.1, 0.15) is 12.0 Å². The van der Waals surface area contributed by atoms with E-state index in [2.05, 4.69) is 5.32 Å². The van der Waals surface area contributed by atoms with E-state index in [1.807, 2.05) is 50.2 Å². The first kappa shape index (κ1) is 16.5. The van der Waals surface area contributed by atoms with Gasteiger partial charge in [0.05, 0.1) is 0 Å². The second kappa shape index (κ2) is 8.55. The lowest BCUT2D eigenvalue weighted by Crippen LogP contribution is -2.36. The number of aliphatic hydroxyl groups is 1. The zero-order chi connectivity index (χ0) is 15.0. The Kier molecular flexibility index (Phi) is 7.04. The number of amides is 1. The summed E-state index contributed by atoms with van der Waals surface area (Å²) in [5, 5.41) is 12.4. The number of carbonyl (C=O) groups is 1. The molecule has 20 heavy (non-hydrogen) atoms. The van der Waals surface area contributed by atoms with E-state index in [9.17, 15) is 9.90 Å². The van der Waals surface area contributed by atoms with Gasteiger partial charge in [0.1, 0.15) is 18.5 Å². The van der Waals surface area contributed by atoms with Crippen LogP contribution in [0.2, 0.25) is 0 Å². The number of rotatable bonds is 8. The van der Waals surface area contributed by atoms with Gasteiger partial charge >= 0.3 is 0 Å². The van der Waals surface area contributed by atoms with Gasteiger partial charge in [0.2, 0.25) is 5.91 Å². The van der Waals surface area contributed by atoms with E-state index >= 15 is 0 Å². The zero-order valence-corrected chi connectivity index (χ0v) is 12.4. The molecule has 0 heterocycles. The number of nitrogens with one attached hydrogen (secondary N) is 1. The van der Waals surface area contributed by atoms with E-state index in [-0.39, 0.29) is 19.1 Å². The standard InChI is InChI=1S/C15H24N2O3/c1-12-5-4-6-14(9-12)20-11-13(18)10-16-15(19)7-8-17(2)3/h4-6,9,13,18H,7-8,10-11H2,1-3H3,(H,16,19). The second-order valence-electron chi connectivity index (χ2n) is 5.14. The molecule has 0 aliphatic rings. The van der Waals surface area contributed by atoms with E-state index in [4.69, 9.17) is 4.74 Å². The van der Waals surface area contributed by atoms with Crippen molar-refractivity contribution in [1.29, 1.82) is 0 Å². The maximum Gasteiger partial charge on any atom is 0.221 e. The van der Waals surface area contributed by atoms with E-state index in [0.29, 0.717) is 13.0 Å². The first-order valence-electron chi connectivity index (χ1n) is 6.76. The van der Waals surface area contributed by atoms with Crippen LogP contribution in [0.3, 0.4) is 0 Å². The van der Waals surface area contributed by atoms with Crippen LogP contribution in [-0.4, -0.2) is 55.8 Å². The molecule has 1 rings (SSSR count). The SMILES string of the molecule is Cc1cccc(OCC(O)CNC(=O)CCN(C)C)c1. The minimum absolute atomic E-state index is 0.0618. The number of hydrogen-bond donors (Lipinski definition) is 2. The van der Waals surface area contributed by atoms with Crippen LogP contribution in [0.4, 0.5) is 0 Å². The number of carbonyl (C=O) groups excluding carboxylic acids is 1. The molecule has 1 amide bonds. The van der Waals surface area contributed by atoms with E-state index in [1.165, 1.54) is 0 Å². The van der Waals surface area contributed by atoms with Crippen LogP contribution >= 0.6 is 0 Å². The molecule has 112 valence electrons. The Morgan fingerprint density at radius 3 is 2.85 bits per heavy atom. The Bertz CT molecular complexity index is 421. The predicted molar refractivity (Wildman–Crippen MR) is 78.9 cm³/mol. The molecule has 0 aliphatic heterocycles. The van der Waals surface area contributed by atoms with Crippen molar-refractivity contribution in [3.05, 3.63) is 29.8 Å². The van der Waals surface area contributed by atoms with Crippen LogP contribution in [0, 0.1) is 6.92 Å². The number of ether oxygens (including phenoxy) is 1. The molecule has 1 aromatic rings. The molecule has 5 nitrogen and oxygen atoms in total. The van der Waals surface area contributed by atoms with E-state index < -0.39 is 6.10 Å². The van der Waals surface area contributed by atoms with E-state index in [1.54, 1.807) is 0 Å². The fraction of sp³-hybridized carbons (Fsp3) is 0.533. The van der Waals surface area contributed by atoms with Crippen molar-refractivity contribution in [3.63, 3.8) is 0 Å². The molecule has 0 radical (unpaired) electrons. The van der Waals surface area contributed by atoms with Crippen LogP contribution in [0.5, 0.6) is 5.75 Å². The molecule has 0 fully saturated rings. The summed E-state index contributed by atoms with van der Waals surface area (Å²) < 4.78 is 5.47. The zero-order valence-electron chi connectivity index (χ0n) is 12.4. The fourth-order valence-electron chi connectivity index (χ4n) is 1.60. The second-order valence-corrected chi connectivity index (χ2v) is 5.14. The van der Waals surface area contributed by atoms with Gasteiger partial charge in [0, 0.05) is 19.5 Å². The van der Waals surface area contributed by atoms with Gasteiger partial charge in [-0.25, -0.2) is 0 Å². The Hall–Kier alpha value is -1.59. The monoisotopic (exact) mass is 280 g/mol. The van der Waals surface area contributed by atoms with Crippen LogP contribution in [-0.2, 0) is 4.79 Å². The number of aliphatic hydroxyl groups excluding tert-OH is 1. The quantitative estimate of drug-likeness (QED) is 0.739. The summed E-state index contributed by atoms with van der Waals surface area (Å²) in [5.74, 6) is 0.663. The maximum absolute atomic E-state index is 11.5. The molecule has 1 aromatic carbocycles. The summed E-state index contributed by atoms with van der Waals surface area (Å²) in [6.45, 7) is 3.05. The average Bonchev–Trinajstić information content (AvgIpc) is 2.40. The third-order valence-corrected chi connectivity index (χ3v) is 2.75. The molecule has 5 heteroatoms. The number of nitrogens with zero attached hydrogens (tertiary/aromatic N) is 1. The number of aryl methyl sites for hydroxylation is 1. The first-order chi connectivity index (χ1) is 9.47. The van der Waals surface area contributed by atoms with Crippen molar-refractivity contribution in [3.8, 4) is 5.75 Å². The van der Waals surface area contributed by atoms with Crippen molar-refractivity contribution >= 4 is 5.91 Å². The van der Waals surface area contributed by atoms with Gasteiger partial charge < -0.3 is 20.1 Å². The summed E-state index contributed by atoms with van der Waals surface area (Å²) in [6, 6.07) is 7.63. The van der Waals surface area contributed by atoms with Crippen LogP contribution in [0.15, 0.2) is 24.3 Å². The van der Waals surface area contributed by atoms with Gasteiger partial charge in [-0.2, -0.15) is 0 Å². The highest BCUT2D eigenvalue weighted by atomic mass is 16.5. The minimum Gasteiger partial charge on any atom is -0.491 e. The molecule has 1 atom stereocenters. The Labute approximate surface area is 120 Å². The van der Waals surface area contributed by atoms with Crippen molar-refractivity contribution < 1.29 is 14.6 Å². The third kappa shape index (κ3) is 7.11. The highest BCUT2D eigenvalue weighted by molar-refractivity contribution is 5.76. The van der Waals surface area contributed by atoms with Crippen molar-refractivity contribution in [2.75, 3.05) is 33.8 Å². The van der Waals surface area contributed by atoms with Crippen LogP contribution < -0.4 is 10.1 Å². The summed E-state index contributed by atoms with van der Waals surface area (Å²) in [7, 11) is 3.83. The smallest absolute Gasteiger partial charge is 0.221 e. The molecule has 0 saturated heterocycles. The lowest BCUT2D eigenvalue weighted by atomic mass is 10.2. The highest BCUT2D eigenvalue weighted by Crippen LogP contribution is 2.12. The summed E-state index contributed by atoms with van der Waals surface area (Å²) in [4.78, 5) is 13.4. The van der Waals surface area contributed by atoms with Crippen molar-refractivity contribution in [1.82, 2.24) is 10.2 Å². The van der Waals surface area contributed by atoms with E-state index in [0.717, 1.165) is 11.3 Å². The molecule has 0 saturated carbocycles. The normalized spacial score (nSPS) is 12.2. The number of benzene rings is 1.